The molecule has 1 saturated heterocycles. The number of rotatable bonds is 6. The molecule has 22 heavy (non-hydrogen) atoms. The summed E-state index contributed by atoms with van der Waals surface area (Å²) < 4.78 is 2.27. The average Bonchev–Trinajstić information content (AvgIpc) is 2.91. The lowest BCUT2D eigenvalue weighted by atomic mass is 9.98. The molecule has 0 aromatic carbocycles. The summed E-state index contributed by atoms with van der Waals surface area (Å²) in [4.78, 5) is 4.86. The number of piperidine rings is 1. The van der Waals surface area contributed by atoms with Gasteiger partial charge in [0.15, 0.2) is 0 Å². The van der Waals surface area contributed by atoms with E-state index < -0.39 is 0 Å². The van der Waals surface area contributed by atoms with E-state index in [9.17, 15) is 0 Å². The molecule has 0 aliphatic carbocycles. The zero-order valence-electron chi connectivity index (χ0n) is 15.3. The number of aromatic nitrogens is 2. The van der Waals surface area contributed by atoms with E-state index in [-0.39, 0.29) is 0 Å². The minimum atomic E-state index is 0.513. The van der Waals surface area contributed by atoms with Gasteiger partial charge >= 0.3 is 0 Å². The molecule has 2 rings (SSSR count). The summed E-state index contributed by atoms with van der Waals surface area (Å²) in [6, 6.07) is 0.584. The second kappa shape index (κ2) is 7.60. The highest BCUT2D eigenvalue weighted by Crippen LogP contribution is 2.29. The Morgan fingerprint density at radius 3 is 2.23 bits per heavy atom. The SMILES string of the molecule is CC(C)c1cn(C2CCN(CCN(C)C)CC2)nc1C(C)C. The Bertz CT molecular complexity index is 428. The van der Waals surface area contributed by atoms with Gasteiger partial charge in [0.05, 0.1) is 11.7 Å². The summed E-state index contributed by atoms with van der Waals surface area (Å²) in [5.74, 6) is 1.07. The zero-order valence-corrected chi connectivity index (χ0v) is 15.3. The molecule has 0 spiro atoms. The molecular weight excluding hydrogens is 272 g/mol. The van der Waals surface area contributed by atoms with Crippen LogP contribution >= 0.6 is 0 Å². The normalized spacial score (nSPS) is 18.0. The number of nitrogens with zero attached hydrogens (tertiary/aromatic N) is 4. The first-order valence-electron chi connectivity index (χ1n) is 8.84. The van der Waals surface area contributed by atoms with E-state index in [1.165, 1.54) is 43.7 Å². The first-order valence-corrected chi connectivity index (χ1v) is 8.84. The van der Waals surface area contributed by atoms with Crippen molar-refractivity contribution >= 4 is 0 Å². The molecule has 2 heterocycles. The van der Waals surface area contributed by atoms with Gasteiger partial charge in [-0.15, -0.1) is 0 Å². The maximum absolute atomic E-state index is 4.94. The Morgan fingerprint density at radius 1 is 1.14 bits per heavy atom. The Hall–Kier alpha value is -0.870. The van der Waals surface area contributed by atoms with Crippen molar-refractivity contribution in [2.24, 2.45) is 0 Å². The minimum Gasteiger partial charge on any atom is -0.308 e. The molecule has 4 nitrogen and oxygen atoms in total. The third-order valence-corrected chi connectivity index (χ3v) is 4.75. The lowest BCUT2D eigenvalue weighted by Gasteiger charge is -2.32. The summed E-state index contributed by atoms with van der Waals surface area (Å²) in [6.07, 6.45) is 4.77. The van der Waals surface area contributed by atoms with Gasteiger partial charge in [-0.3, -0.25) is 4.68 Å². The number of likely N-dealkylation sites (N-methyl/N-ethyl adjacent to an activating group) is 1. The zero-order chi connectivity index (χ0) is 16.3. The van der Waals surface area contributed by atoms with Crippen LogP contribution < -0.4 is 0 Å². The van der Waals surface area contributed by atoms with Gasteiger partial charge in [0.1, 0.15) is 0 Å². The highest BCUT2D eigenvalue weighted by molar-refractivity contribution is 5.23. The first-order chi connectivity index (χ1) is 10.4. The molecule has 1 aliphatic heterocycles. The van der Waals surface area contributed by atoms with E-state index in [4.69, 9.17) is 5.10 Å². The van der Waals surface area contributed by atoms with Crippen molar-refractivity contribution in [1.82, 2.24) is 19.6 Å². The van der Waals surface area contributed by atoms with Crippen molar-refractivity contribution in [3.8, 4) is 0 Å². The van der Waals surface area contributed by atoms with Crippen LogP contribution in [0.5, 0.6) is 0 Å². The van der Waals surface area contributed by atoms with Gasteiger partial charge in [0, 0.05) is 32.4 Å². The molecule has 126 valence electrons. The van der Waals surface area contributed by atoms with Crippen molar-refractivity contribution in [3.05, 3.63) is 17.5 Å². The third-order valence-electron chi connectivity index (χ3n) is 4.75. The van der Waals surface area contributed by atoms with Crippen LogP contribution in [0, 0.1) is 0 Å². The van der Waals surface area contributed by atoms with E-state index in [0.717, 1.165) is 6.54 Å². The monoisotopic (exact) mass is 306 g/mol. The van der Waals surface area contributed by atoms with E-state index in [0.29, 0.717) is 17.9 Å². The lowest BCUT2D eigenvalue weighted by Crippen LogP contribution is -2.38. The van der Waals surface area contributed by atoms with Crippen LogP contribution in [-0.2, 0) is 0 Å². The minimum absolute atomic E-state index is 0.513. The fourth-order valence-corrected chi connectivity index (χ4v) is 3.25. The summed E-state index contributed by atoms with van der Waals surface area (Å²) >= 11 is 0. The van der Waals surface area contributed by atoms with E-state index in [1.54, 1.807) is 0 Å². The number of hydrogen-bond donors (Lipinski definition) is 0. The average molecular weight is 306 g/mol. The Balaban J connectivity index is 1.98. The smallest absolute Gasteiger partial charge is 0.0684 e. The van der Waals surface area contributed by atoms with Crippen molar-refractivity contribution in [1.29, 1.82) is 0 Å². The first kappa shape index (κ1) is 17.5. The molecular formula is C18H34N4. The van der Waals surface area contributed by atoms with E-state index in [1.807, 2.05) is 0 Å². The molecule has 0 radical (unpaired) electrons. The fourth-order valence-electron chi connectivity index (χ4n) is 3.25. The van der Waals surface area contributed by atoms with Gasteiger partial charge in [-0.1, -0.05) is 27.7 Å². The van der Waals surface area contributed by atoms with Gasteiger partial charge in [0.25, 0.3) is 0 Å². The molecule has 0 bridgehead atoms. The predicted octanol–water partition coefficient (Wildman–Crippen LogP) is 3.33. The Morgan fingerprint density at radius 2 is 1.77 bits per heavy atom. The van der Waals surface area contributed by atoms with Gasteiger partial charge in [-0.25, -0.2) is 0 Å². The summed E-state index contributed by atoms with van der Waals surface area (Å²) in [6.45, 7) is 13.8. The number of hydrogen-bond acceptors (Lipinski definition) is 3. The maximum atomic E-state index is 4.94. The highest BCUT2D eigenvalue weighted by atomic mass is 15.3. The lowest BCUT2D eigenvalue weighted by molar-refractivity contribution is 0.167. The van der Waals surface area contributed by atoms with Gasteiger partial charge in [0.2, 0.25) is 0 Å². The van der Waals surface area contributed by atoms with Crippen LogP contribution in [0.2, 0.25) is 0 Å². The maximum Gasteiger partial charge on any atom is 0.0684 e. The Kier molecular flexibility index (Phi) is 6.04. The van der Waals surface area contributed by atoms with Crippen LogP contribution in [0.25, 0.3) is 0 Å². The molecule has 0 N–H and O–H groups in total. The van der Waals surface area contributed by atoms with Crippen LogP contribution in [0.3, 0.4) is 0 Å². The molecule has 1 aromatic heterocycles. The largest absolute Gasteiger partial charge is 0.308 e. The quantitative estimate of drug-likeness (QED) is 0.806. The second-order valence-corrected chi connectivity index (χ2v) is 7.64. The predicted molar refractivity (Wildman–Crippen MR) is 93.7 cm³/mol. The molecule has 1 fully saturated rings. The van der Waals surface area contributed by atoms with Crippen LogP contribution in [0.1, 0.15) is 69.7 Å². The standard InChI is InChI=1S/C18H34N4/c1-14(2)17-13-22(19-18(17)15(3)4)16-7-9-21(10-8-16)12-11-20(5)6/h13-16H,7-12H2,1-6H3. The molecule has 1 aliphatic rings. The van der Waals surface area contributed by atoms with Gasteiger partial charge in [-0.05, 0) is 44.3 Å². The highest BCUT2D eigenvalue weighted by Gasteiger charge is 2.23. The van der Waals surface area contributed by atoms with Gasteiger partial charge < -0.3 is 9.80 Å². The Labute approximate surface area is 136 Å². The molecule has 4 heteroatoms. The summed E-state index contributed by atoms with van der Waals surface area (Å²) in [7, 11) is 4.30. The molecule has 0 saturated carbocycles. The van der Waals surface area contributed by atoms with Crippen LogP contribution in [0.4, 0.5) is 0 Å². The van der Waals surface area contributed by atoms with Gasteiger partial charge in [-0.2, -0.15) is 5.10 Å². The van der Waals surface area contributed by atoms with E-state index >= 15 is 0 Å². The fraction of sp³-hybridized carbons (Fsp3) is 0.833. The summed E-state index contributed by atoms with van der Waals surface area (Å²) in [5.41, 5.74) is 2.73. The topological polar surface area (TPSA) is 24.3 Å². The van der Waals surface area contributed by atoms with Crippen molar-refractivity contribution in [3.63, 3.8) is 0 Å². The molecule has 0 atom stereocenters. The van der Waals surface area contributed by atoms with Crippen molar-refractivity contribution < 1.29 is 0 Å². The summed E-state index contributed by atoms with van der Waals surface area (Å²) in [5, 5.41) is 4.94. The molecule has 1 aromatic rings. The van der Waals surface area contributed by atoms with Crippen LogP contribution in [-0.4, -0.2) is 59.9 Å². The van der Waals surface area contributed by atoms with E-state index in [2.05, 4.69) is 62.5 Å². The van der Waals surface area contributed by atoms with Crippen LogP contribution in [0.15, 0.2) is 6.20 Å². The van der Waals surface area contributed by atoms with Crippen molar-refractivity contribution in [2.75, 3.05) is 40.3 Å². The third kappa shape index (κ3) is 4.32. The molecule has 0 unspecified atom stereocenters. The van der Waals surface area contributed by atoms with Crippen molar-refractivity contribution in [2.45, 2.75) is 58.4 Å². The molecule has 0 amide bonds. The number of likely N-dealkylation sites (tertiary alicyclic amines) is 1. The second-order valence-electron chi connectivity index (χ2n) is 7.64.